The number of esters is 1. The number of rotatable bonds is 5. The smallest absolute Gasteiger partial charge is 0.309 e. The largest absolute Gasteiger partial charge is 0.466 e. The number of piperidine rings is 1. The molecule has 0 bridgehead atoms. The van der Waals surface area contributed by atoms with Crippen LogP contribution >= 0.6 is 0 Å². The maximum atomic E-state index is 12.6. The van der Waals surface area contributed by atoms with Gasteiger partial charge in [-0.3, -0.25) is 14.6 Å². The Morgan fingerprint density at radius 1 is 1.11 bits per heavy atom. The molecule has 0 unspecified atom stereocenters. The van der Waals surface area contributed by atoms with Gasteiger partial charge in [0, 0.05) is 25.7 Å². The average molecular weight is 383 g/mol. The number of hydrogen-bond donors (Lipinski definition) is 0. The summed E-state index contributed by atoms with van der Waals surface area (Å²) in [5.74, 6) is 1.24. The third kappa shape index (κ3) is 4.18. The first-order chi connectivity index (χ1) is 13.7. The van der Waals surface area contributed by atoms with Gasteiger partial charge in [0.2, 0.25) is 0 Å². The van der Waals surface area contributed by atoms with Crippen molar-refractivity contribution in [3.8, 4) is 0 Å². The minimum atomic E-state index is 0.00822. The molecule has 0 radical (unpaired) electrons. The van der Waals surface area contributed by atoms with Gasteiger partial charge in [-0.25, -0.2) is 0 Å². The minimum absolute atomic E-state index is 0.00822. The zero-order valence-electron chi connectivity index (χ0n) is 17.3. The van der Waals surface area contributed by atoms with Crippen LogP contribution in [0.3, 0.4) is 0 Å². The van der Waals surface area contributed by atoms with Gasteiger partial charge in [-0.2, -0.15) is 0 Å². The molecule has 0 spiro atoms. The lowest BCUT2D eigenvalue weighted by Gasteiger charge is -2.37. The first kappa shape index (κ1) is 19.7. The molecular weight excluding hydrogens is 348 g/mol. The molecule has 1 aromatic rings. The van der Waals surface area contributed by atoms with Crippen LogP contribution < -0.4 is 0 Å². The number of hydrogen-bond acceptors (Lipinski definition) is 4. The van der Waals surface area contributed by atoms with Crippen molar-refractivity contribution in [1.82, 2.24) is 9.80 Å². The molecule has 4 atom stereocenters. The fraction of sp³-hybridized carbons (Fsp3) is 0.625. The lowest BCUT2D eigenvalue weighted by Crippen LogP contribution is -2.44. The molecule has 4 rings (SSSR count). The molecule has 3 aliphatic rings. The van der Waals surface area contributed by atoms with Crippen molar-refractivity contribution in [2.45, 2.75) is 39.3 Å². The van der Waals surface area contributed by atoms with Crippen LogP contribution in [0.25, 0.3) is 0 Å². The number of benzene rings is 1. The summed E-state index contributed by atoms with van der Waals surface area (Å²) < 4.78 is 5.41. The molecule has 4 nitrogen and oxygen atoms in total. The summed E-state index contributed by atoms with van der Waals surface area (Å²) >= 11 is 0. The molecule has 1 aliphatic carbocycles. The van der Waals surface area contributed by atoms with Crippen molar-refractivity contribution in [1.29, 1.82) is 0 Å². The molecule has 28 heavy (non-hydrogen) atoms. The number of carbonyl (C=O) groups excluding carboxylic acids is 1. The van der Waals surface area contributed by atoms with Crippen LogP contribution in [0, 0.1) is 23.7 Å². The Morgan fingerprint density at radius 2 is 1.86 bits per heavy atom. The van der Waals surface area contributed by atoms with E-state index in [1.807, 2.05) is 6.92 Å². The number of ether oxygens (including phenoxy) is 1. The fourth-order valence-electron chi connectivity index (χ4n) is 5.51. The van der Waals surface area contributed by atoms with E-state index in [0.29, 0.717) is 24.5 Å². The van der Waals surface area contributed by atoms with Crippen molar-refractivity contribution in [3.63, 3.8) is 0 Å². The van der Waals surface area contributed by atoms with E-state index < -0.39 is 0 Å². The summed E-state index contributed by atoms with van der Waals surface area (Å²) in [6, 6.07) is 11.4. The second kappa shape index (κ2) is 8.79. The van der Waals surface area contributed by atoms with Crippen LogP contribution in [0.15, 0.2) is 42.5 Å². The molecule has 2 heterocycles. The Morgan fingerprint density at radius 3 is 2.57 bits per heavy atom. The number of fused-ring (bicyclic) bond motifs is 1. The molecular formula is C24H34N2O2. The van der Waals surface area contributed by atoms with Crippen LogP contribution in [-0.4, -0.2) is 54.6 Å². The Hall–Kier alpha value is -1.65. The van der Waals surface area contributed by atoms with Crippen molar-refractivity contribution >= 4 is 5.97 Å². The first-order valence-electron chi connectivity index (χ1n) is 11.0. The maximum absolute atomic E-state index is 12.6. The summed E-state index contributed by atoms with van der Waals surface area (Å²) in [6.07, 6.45) is 7.08. The van der Waals surface area contributed by atoms with Crippen molar-refractivity contribution in [2.75, 3.05) is 32.8 Å². The van der Waals surface area contributed by atoms with Gasteiger partial charge in [0.05, 0.1) is 12.5 Å². The van der Waals surface area contributed by atoms with Crippen LogP contribution in [0.2, 0.25) is 0 Å². The van der Waals surface area contributed by atoms with Gasteiger partial charge < -0.3 is 4.74 Å². The second-order valence-electron chi connectivity index (χ2n) is 8.80. The molecule has 0 N–H and O–H groups in total. The molecule has 2 saturated heterocycles. The minimum Gasteiger partial charge on any atom is -0.466 e. The Kier molecular flexibility index (Phi) is 6.17. The molecule has 1 aromatic carbocycles. The van der Waals surface area contributed by atoms with Gasteiger partial charge in [-0.1, -0.05) is 49.4 Å². The molecule has 0 aromatic heterocycles. The quantitative estimate of drug-likeness (QED) is 0.576. The predicted octanol–water partition coefficient (Wildman–Crippen LogP) is 3.58. The predicted molar refractivity (Wildman–Crippen MR) is 112 cm³/mol. The van der Waals surface area contributed by atoms with Crippen molar-refractivity contribution < 1.29 is 9.53 Å². The first-order valence-corrected chi connectivity index (χ1v) is 11.0. The molecule has 2 aliphatic heterocycles. The van der Waals surface area contributed by atoms with E-state index in [0.717, 1.165) is 19.6 Å². The maximum Gasteiger partial charge on any atom is 0.309 e. The highest BCUT2D eigenvalue weighted by atomic mass is 16.5. The van der Waals surface area contributed by atoms with Crippen LogP contribution in [0.5, 0.6) is 0 Å². The molecule has 0 saturated carbocycles. The fourth-order valence-corrected chi connectivity index (χ4v) is 5.51. The van der Waals surface area contributed by atoms with Gasteiger partial charge in [-0.15, -0.1) is 0 Å². The van der Waals surface area contributed by atoms with E-state index in [1.165, 1.54) is 31.5 Å². The highest BCUT2D eigenvalue weighted by molar-refractivity contribution is 5.74. The highest BCUT2D eigenvalue weighted by Crippen LogP contribution is 2.41. The Labute approximate surface area is 169 Å². The van der Waals surface area contributed by atoms with E-state index in [2.05, 4.69) is 59.2 Å². The number of likely N-dealkylation sites (tertiary alicyclic amines) is 2. The number of nitrogens with zero attached hydrogens (tertiary/aromatic N) is 2. The highest BCUT2D eigenvalue weighted by Gasteiger charge is 2.46. The number of carbonyl (C=O) groups is 1. The molecule has 4 heteroatoms. The topological polar surface area (TPSA) is 32.8 Å². The summed E-state index contributed by atoms with van der Waals surface area (Å²) in [5.41, 5.74) is 1.41. The van der Waals surface area contributed by atoms with Gasteiger partial charge in [0.25, 0.3) is 0 Å². The van der Waals surface area contributed by atoms with E-state index in [1.54, 1.807) is 0 Å². The molecule has 0 amide bonds. The SMILES string of the molecule is CCOC(=O)[C@H]1[C@@H]2CN(C3CCN(Cc4ccccc4)CC3)C[C@@H]2C=C[C@@H]1C. The molecule has 2 fully saturated rings. The van der Waals surface area contributed by atoms with Crippen molar-refractivity contribution in [3.05, 3.63) is 48.0 Å². The van der Waals surface area contributed by atoms with E-state index in [4.69, 9.17) is 4.74 Å². The average Bonchev–Trinajstić information content (AvgIpc) is 3.13. The molecule has 152 valence electrons. The van der Waals surface area contributed by atoms with E-state index in [9.17, 15) is 4.79 Å². The van der Waals surface area contributed by atoms with E-state index in [-0.39, 0.29) is 17.8 Å². The van der Waals surface area contributed by atoms with Gasteiger partial charge in [-0.05, 0) is 56.2 Å². The van der Waals surface area contributed by atoms with Crippen molar-refractivity contribution in [2.24, 2.45) is 23.7 Å². The summed E-state index contributed by atoms with van der Waals surface area (Å²) in [4.78, 5) is 17.8. The summed E-state index contributed by atoms with van der Waals surface area (Å²) in [5, 5.41) is 0. The zero-order chi connectivity index (χ0) is 19.5. The lowest BCUT2D eigenvalue weighted by molar-refractivity contribution is -0.152. The van der Waals surface area contributed by atoms with E-state index >= 15 is 0 Å². The van der Waals surface area contributed by atoms with Crippen LogP contribution in [0.1, 0.15) is 32.3 Å². The summed E-state index contributed by atoms with van der Waals surface area (Å²) in [7, 11) is 0. The standard InChI is InChI=1S/C24H34N2O2/c1-3-28-24(27)23-18(2)9-10-20-16-26(17-22(20)23)21-11-13-25(14-12-21)15-19-7-5-4-6-8-19/h4-10,18,20-23H,3,11-17H2,1-2H3/t18-,20-,22+,23+/m0/s1. The second-order valence-corrected chi connectivity index (χ2v) is 8.80. The Bertz CT molecular complexity index is 681. The van der Waals surface area contributed by atoms with Gasteiger partial charge in [0.15, 0.2) is 0 Å². The van der Waals surface area contributed by atoms with Crippen LogP contribution in [0.4, 0.5) is 0 Å². The summed E-state index contributed by atoms with van der Waals surface area (Å²) in [6.45, 7) is 10.1. The lowest BCUT2D eigenvalue weighted by atomic mass is 9.72. The zero-order valence-corrected chi connectivity index (χ0v) is 17.3. The number of allylic oxidation sites excluding steroid dienone is 1. The third-order valence-electron chi connectivity index (χ3n) is 7.01. The Balaban J connectivity index is 1.33. The monoisotopic (exact) mass is 382 g/mol. The van der Waals surface area contributed by atoms with Gasteiger partial charge in [0.1, 0.15) is 0 Å². The normalized spacial score (nSPS) is 31.6. The van der Waals surface area contributed by atoms with Crippen LogP contribution in [-0.2, 0) is 16.1 Å². The third-order valence-corrected chi connectivity index (χ3v) is 7.01. The van der Waals surface area contributed by atoms with Gasteiger partial charge >= 0.3 is 5.97 Å².